The molecule has 0 aromatic rings. The second-order valence-corrected chi connectivity index (χ2v) is 31.7. The summed E-state index contributed by atoms with van der Waals surface area (Å²) in [5.41, 5.74) is 0. The molecule has 3 N–H and O–H groups in total. The van der Waals surface area contributed by atoms with Crippen molar-refractivity contribution in [3.63, 3.8) is 0 Å². The molecular weight excluding hydrogens is 1250 g/mol. The van der Waals surface area contributed by atoms with E-state index >= 15 is 0 Å². The molecule has 2 unspecified atom stereocenters. The van der Waals surface area contributed by atoms with E-state index in [4.69, 9.17) is 37.0 Å². The second kappa shape index (κ2) is 66.6. The highest BCUT2D eigenvalue weighted by Gasteiger charge is 2.30. The number of aliphatic hydroxyl groups is 1. The van der Waals surface area contributed by atoms with E-state index in [1.165, 1.54) is 193 Å². The maximum Gasteiger partial charge on any atom is 0.472 e. The summed E-state index contributed by atoms with van der Waals surface area (Å²) in [5.74, 6) is 0.134. The van der Waals surface area contributed by atoms with Crippen LogP contribution in [0.1, 0.15) is 389 Å². The molecule has 0 bridgehead atoms. The molecule has 0 fully saturated rings. The van der Waals surface area contributed by atoms with Gasteiger partial charge < -0.3 is 33.8 Å². The SMILES string of the molecule is CCCCCCCCCCCCCCCCCC(=O)OC[C@H](COP(=O)(O)OC[C@@H](O)COP(=O)(O)OC[C@@H](COC(=O)CCCCCCCCCC(C)C)OC(=O)CCCCCCCCCCCCC(C)C)OC(=O)CCCCCCCCCCCCCCCCC(C)C. The number of rotatable bonds is 74. The molecule has 0 saturated heterocycles. The number of carbonyl (C=O) groups is 4. The van der Waals surface area contributed by atoms with Crippen LogP contribution in [0.15, 0.2) is 0 Å². The normalized spacial score (nSPS) is 14.1. The first kappa shape index (κ1) is 93.1. The summed E-state index contributed by atoms with van der Waals surface area (Å²) >= 11 is 0. The van der Waals surface area contributed by atoms with Crippen LogP contribution < -0.4 is 0 Å². The van der Waals surface area contributed by atoms with Gasteiger partial charge in [0.1, 0.15) is 19.3 Å². The molecule has 0 aliphatic rings. The lowest BCUT2D eigenvalue weighted by Crippen LogP contribution is -2.30. The Morgan fingerprint density at radius 1 is 0.284 bits per heavy atom. The van der Waals surface area contributed by atoms with Gasteiger partial charge in [-0.2, -0.15) is 0 Å². The Morgan fingerprint density at radius 2 is 0.484 bits per heavy atom. The van der Waals surface area contributed by atoms with E-state index in [1.807, 2.05) is 0 Å². The Morgan fingerprint density at radius 3 is 0.716 bits per heavy atom. The number of hydrogen-bond donors (Lipinski definition) is 3. The summed E-state index contributed by atoms with van der Waals surface area (Å²) in [6, 6.07) is 0. The van der Waals surface area contributed by atoms with Gasteiger partial charge in [0.15, 0.2) is 12.2 Å². The lowest BCUT2D eigenvalue weighted by molar-refractivity contribution is -0.161. The van der Waals surface area contributed by atoms with E-state index in [1.54, 1.807) is 0 Å². The molecule has 5 atom stereocenters. The summed E-state index contributed by atoms with van der Waals surface area (Å²) in [6.45, 7) is 11.9. The number of carbonyl (C=O) groups excluding carboxylic acids is 4. The Kier molecular flexibility index (Phi) is 65.2. The van der Waals surface area contributed by atoms with Crippen LogP contribution >= 0.6 is 15.6 Å². The summed E-state index contributed by atoms with van der Waals surface area (Å²) in [5, 5.41) is 10.6. The Hall–Kier alpha value is -1.94. The van der Waals surface area contributed by atoms with Crippen molar-refractivity contribution in [2.24, 2.45) is 17.8 Å². The van der Waals surface area contributed by atoms with E-state index in [0.29, 0.717) is 31.6 Å². The highest BCUT2D eigenvalue weighted by molar-refractivity contribution is 7.47. The van der Waals surface area contributed by atoms with E-state index in [9.17, 15) is 43.2 Å². The van der Waals surface area contributed by atoms with Crippen molar-refractivity contribution in [3.8, 4) is 0 Å². The molecule has 0 heterocycles. The largest absolute Gasteiger partial charge is 0.472 e. The van der Waals surface area contributed by atoms with Gasteiger partial charge in [0.05, 0.1) is 26.4 Å². The average Bonchev–Trinajstić information content (AvgIpc) is 2.83. The van der Waals surface area contributed by atoms with Crippen molar-refractivity contribution in [3.05, 3.63) is 0 Å². The summed E-state index contributed by atoms with van der Waals surface area (Å²) in [4.78, 5) is 72.8. The molecule has 19 heteroatoms. The van der Waals surface area contributed by atoms with Gasteiger partial charge in [-0.3, -0.25) is 37.3 Å². The third-order valence-electron chi connectivity index (χ3n) is 17.6. The van der Waals surface area contributed by atoms with Crippen LogP contribution in [0.25, 0.3) is 0 Å². The highest BCUT2D eigenvalue weighted by Crippen LogP contribution is 2.45. The van der Waals surface area contributed by atoms with E-state index < -0.39 is 97.5 Å². The molecule has 0 aliphatic heterocycles. The summed E-state index contributed by atoms with van der Waals surface area (Å²) in [7, 11) is -9.91. The minimum absolute atomic E-state index is 0.105. The van der Waals surface area contributed by atoms with Crippen molar-refractivity contribution in [1.29, 1.82) is 0 Å². The van der Waals surface area contributed by atoms with Crippen LogP contribution in [0.3, 0.4) is 0 Å². The number of esters is 4. The van der Waals surface area contributed by atoms with E-state index in [2.05, 4.69) is 48.5 Å². The molecule has 0 saturated carbocycles. The highest BCUT2D eigenvalue weighted by atomic mass is 31.2. The first-order valence-corrected chi connectivity index (χ1v) is 42.3. The van der Waals surface area contributed by atoms with Gasteiger partial charge in [0.2, 0.25) is 0 Å². The van der Waals surface area contributed by atoms with E-state index in [-0.39, 0.29) is 25.7 Å². The van der Waals surface area contributed by atoms with Gasteiger partial charge in [-0.1, -0.05) is 337 Å². The number of phosphoric acid groups is 2. The average molecular weight is 1400 g/mol. The third kappa shape index (κ3) is 70.3. The molecule has 0 spiro atoms. The van der Waals surface area contributed by atoms with Crippen molar-refractivity contribution in [2.45, 2.75) is 407 Å². The zero-order valence-corrected chi connectivity index (χ0v) is 63.9. The topological polar surface area (TPSA) is 237 Å². The zero-order chi connectivity index (χ0) is 70.1. The van der Waals surface area contributed by atoms with Crippen LogP contribution in [-0.4, -0.2) is 96.7 Å². The predicted molar refractivity (Wildman–Crippen MR) is 386 cm³/mol. The quantitative estimate of drug-likeness (QED) is 0.0222. The minimum Gasteiger partial charge on any atom is -0.462 e. The van der Waals surface area contributed by atoms with Crippen LogP contribution in [0, 0.1) is 17.8 Å². The maximum atomic E-state index is 13.1. The second-order valence-electron chi connectivity index (χ2n) is 28.8. The molecule has 0 aromatic carbocycles. The van der Waals surface area contributed by atoms with Crippen LogP contribution in [0.5, 0.6) is 0 Å². The fraction of sp³-hybridized carbons (Fsp3) is 0.947. The van der Waals surface area contributed by atoms with Crippen molar-refractivity contribution >= 4 is 39.5 Å². The molecule has 0 aliphatic carbocycles. The molecule has 564 valence electrons. The molecule has 0 aromatic heterocycles. The molecule has 0 amide bonds. The van der Waals surface area contributed by atoms with Gasteiger partial charge in [-0.05, 0) is 43.4 Å². The van der Waals surface area contributed by atoms with Gasteiger partial charge in [0, 0.05) is 25.7 Å². The van der Waals surface area contributed by atoms with Crippen LogP contribution in [-0.2, 0) is 65.4 Å². The van der Waals surface area contributed by atoms with Crippen LogP contribution in [0.4, 0.5) is 0 Å². The smallest absolute Gasteiger partial charge is 0.462 e. The monoisotopic (exact) mass is 1400 g/mol. The van der Waals surface area contributed by atoms with Crippen LogP contribution in [0.2, 0.25) is 0 Å². The fourth-order valence-corrected chi connectivity index (χ4v) is 13.2. The first-order valence-electron chi connectivity index (χ1n) is 39.3. The molecule has 95 heavy (non-hydrogen) atoms. The van der Waals surface area contributed by atoms with Gasteiger partial charge in [-0.25, -0.2) is 9.13 Å². The van der Waals surface area contributed by atoms with Crippen molar-refractivity contribution in [1.82, 2.24) is 0 Å². The Labute approximate surface area is 581 Å². The third-order valence-corrected chi connectivity index (χ3v) is 19.5. The first-order chi connectivity index (χ1) is 45.7. The van der Waals surface area contributed by atoms with Crippen molar-refractivity contribution in [2.75, 3.05) is 39.6 Å². The van der Waals surface area contributed by atoms with Gasteiger partial charge in [-0.15, -0.1) is 0 Å². The number of unbranched alkanes of at least 4 members (excludes halogenated alkanes) is 42. The lowest BCUT2D eigenvalue weighted by atomic mass is 10.0. The van der Waals surface area contributed by atoms with Gasteiger partial charge in [0.25, 0.3) is 0 Å². The zero-order valence-electron chi connectivity index (χ0n) is 62.1. The minimum atomic E-state index is -4.96. The van der Waals surface area contributed by atoms with E-state index in [0.717, 1.165) is 108 Å². The standard InChI is InChI=1S/C76H148O17P2/c1-8-9-10-11-12-13-14-15-16-20-23-29-36-43-50-57-73(78)86-63-71(92-75(80)59-52-45-37-30-24-21-18-17-19-22-27-33-40-47-54-67(2)3)65-90-94(82,83)88-61-70(77)62-89-95(84,85)91-66-72(64-87-74(79)58-51-44-39-32-35-42-49-56-69(6)7)93-76(81)60-53-46-38-31-26-25-28-34-41-48-55-68(4)5/h67-72,77H,8-66H2,1-7H3,(H,82,83)(H,84,85)/t70-,71-,72-/m1/s1. The fourth-order valence-electron chi connectivity index (χ4n) is 11.6. The summed E-state index contributed by atoms with van der Waals surface area (Å²) in [6.07, 6.45) is 52.7. The predicted octanol–water partition coefficient (Wildman–Crippen LogP) is 22.2. The lowest BCUT2D eigenvalue weighted by Gasteiger charge is -2.21. The Balaban J connectivity index is 5.25. The number of phosphoric ester groups is 2. The molecule has 17 nitrogen and oxygen atoms in total. The number of aliphatic hydroxyl groups excluding tert-OH is 1. The Bertz CT molecular complexity index is 1850. The maximum absolute atomic E-state index is 13.1. The molecular formula is C76H148O17P2. The summed E-state index contributed by atoms with van der Waals surface area (Å²) < 4.78 is 68.5. The molecule has 0 rings (SSSR count). The van der Waals surface area contributed by atoms with Crippen molar-refractivity contribution < 1.29 is 80.2 Å². The number of ether oxygens (including phenoxy) is 4. The number of hydrogen-bond acceptors (Lipinski definition) is 15. The van der Waals surface area contributed by atoms with Gasteiger partial charge >= 0.3 is 39.5 Å². The molecule has 0 radical (unpaired) electrons.